The maximum Gasteiger partial charge on any atom is 0.257 e. The molecule has 0 unspecified atom stereocenters. The largest absolute Gasteiger partial charge is 0.497 e. The molecule has 0 fully saturated rings. The smallest absolute Gasteiger partial charge is 0.257 e. The highest BCUT2D eigenvalue weighted by Gasteiger charge is 2.34. The van der Waals surface area contributed by atoms with Crippen LogP contribution in [0.25, 0.3) is 16.9 Å². The lowest BCUT2D eigenvalue weighted by atomic mass is 9.97. The number of aliphatic hydroxyl groups is 1. The number of methoxy groups -OCH3 is 1. The molecule has 0 aliphatic carbocycles. The first-order valence-corrected chi connectivity index (χ1v) is 12.2. The Bertz CT molecular complexity index is 1390. The molecule has 8 nitrogen and oxygen atoms in total. The van der Waals surface area contributed by atoms with E-state index in [9.17, 15) is 4.79 Å². The van der Waals surface area contributed by atoms with E-state index in [2.05, 4.69) is 5.32 Å². The minimum Gasteiger partial charge on any atom is -0.497 e. The Morgan fingerprint density at radius 2 is 1.81 bits per heavy atom. The number of carbonyl (C=O) groups excluding carboxylic acids is 1. The Hall–Kier alpha value is -4.27. The van der Waals surface area contributed by atoms with Gasteiger partial charge < -0.3 is 15.2 Å². The molecule has 0 bridgehead atoms. The van der Waals surface area contributed by atoms with E-state index in [0.29, 0.717) is 13.0 Å². The zero-order chi connectivity index (χ0) is 25.6. The van der Waals surface area contributed by atoms with Crippen molar-refractivity contribution < 1.29 is 14.6 Å². The van der Waals surface area contributed by atoms with Crippen LogP contribution in [0.3, 0.4) is 0 Å². The summed E-state index contributed by atoms with van der Waals surface area (Å²) in [5.74, 6) is 0.548. The van der Waals surface area contributed by atoms with Crippen LogP contribution in [-0.2, 0) is 4.79 Å². The van der Waals surface area contributed by atoms with Gasteiger partial charge in [0.25, 0.3) is 5.91 Å². The molecule has 2 N–H and O–H groups in total. The Morgan fingerprint density at radius 3 is 2.54 bits per heavy atom. The maximum atomic E-state index is 13.2. The molecule has 188 valence electrons. The van der Waals surface area contributed by atoms with Crippen LogP contribution in [0.15, 0.2) is 96.2 Å². The maximum absolute atomic E-state index is 13.2. The third kappa shape index (κ3) is 5.30. The third-order valence-corrected chi connectivity index (χ3v) is 6.30. The molecule has 4 aromatic rings. The van der Waals surface area contributed by atoms with Crippen LogP contribution in [0.4, 0.5) is 0 Å². The van der Waals surface area contributed by atoms with Gasteiger partial charge in [-0.05, 0) is 29.8 Å². The summed E-state index contributed by atoms with van der Waals surface area (Å²) in [5, 5.41) is 23.4. The number of amides is 1. The normalized spacial score (nSPS) is 15.0. The second-order valence-electron chi connectivity index (χ2n) is 8.72. The molecule has 0 radical (unpaired) electrons. The van der Waals surface area contributed by atoms with Gasteiger partial charge in [0, 0.05) is 30.3 Å². The summed E-state index contributed by atoms with van der Waals surface area (Å²) in [5.41, 5.74) is 5.31. The molecule has 8 heteroatoms. The Labute approximate surface area is 215 Å². The fraction of sp³-hybridized carbons (Fsp3) is 0.207. The SMILES string of the molecule is COc1cccc([C@@H]2CC(c3cn(-c4ccccc4)nc3-c3ccccc3)=NN2C(=O)CNCCO)c1. The topological polar surface area (TPSA) is 92.0 Å². The van der Waals surface area contributed by atoms with E-state index < -0.39 is 0 Å². The number of aliphatic hydroxyl groups excluding tert-OH is 1. The number of hydrazone groups is 1. The Balaban J connectivity index is 1.57. The number of rotatable bonds is 9. The first-order valence-electron chi connectivity index (χ1n) is 12.2. The zero-order valence-corrected chi connectivity index (χ0v) is 20.6. The standard InChI is InChI=1S/C29H29N5O3/c1-37-24-14-8-11-22(17-24)27-18-26(31-34(27)28(36)19-30-15-16-35)25-20-33(23-12-6-3-7-13-23)32-29(25)21-9-4-2-5-10-21/h2-14,17,20,27,30,35H,15-16,18-19H2,1H3/t27-/m0/s1. The van der Waals surface area contributed by atoms with Crippen molar-refractivity contribution in [2.75, 3.05) is 26.8 Å². The van der Waals surface area contributed by atoms with Crippen molar-refractivity contribution in [2.45, 2.75) is 12.5 Å². The van der Waals surface area contributed by atoms with E-state index >= 15 is 0 Å². The van der Waals surface area contributed by atoms with E-state index in [1.165, 1.54) is 0 Å². The second kappa shape index (κ2) is 11.2. The summed E-state index contributed by atoms with van der Waals surface area (Å²) in [4.78, 5) is 13.2. The molecule has 1 aliphatic rings. The van der Waals surface area contributed by atoms with Gasteiger partial charge in [-0.2, -0.15) is 10.2 Å². The van der Waals surface area contributed by atoms with Crippen molar-refractivity contribution in [1.29, 1.82) is 0 Å². The van der Waals surface area contributed by atoms with Gasteiger partial charge in [-0.15, -0.1) is 0 Å². The van der Waals surface area contributed by atoms with Crippen LogP contribution < -0.4 is 10.1 Å². The van der Waals surface area contributed by atoms with Crippen LogP contribution in [-0.4, -0.2) is 58.3 Å². The van der Waals surface area contributed by atoms with Crippen molar-refractivity contribution in [2.24, 2.45) is 5.10 Å². The minimum atomic E-state index is -0.294. The summed E-state index contributed by atoms with van der Waals surface area (Å²) >= 11 is 0. The van der Waals surface area contributed by atoms with Crippen molar-refractivity contribution in [1.82, 2.24) is 20.1 Å². The Morgan fingerprint density at radius 1 is 1.05 bits per heavy atom. The summed E-state index contributed by atoms with van der Waals surface area (Å²) in [7, 11) is 1.63. The van der Waals surface area contributed by atoms with Crippen LogP contribution in [0.2, 0.25) is 0 Å². The molecule has 5 rings (SSSR count). The van der Waals surface area contributed by atoms with E-state index in [0.717, 1.165) is 39.5 Å². The number of para-hydroxylation sites is 1. The quantitative estimate of drug-likeness (QED) is 0.345. The average Bonchev–Trinajstić information content (AvgIpc) is 3.60. The lowest BCUT2D eigenvalue weighted by Crippen LogP contribution is -2.36. The predicted molar refractivity (Wildman–Crippen MR) is 143 cm³/mol. The molecule has 3 aromatic carbocycles. The number of carbonyl (C=O) groups is 1. The van der Waals surface area contributed by atoms with Crippen LogP contribution in [0, 0.1) is 0 Å². The van der Waals surface area contributed by atoms with Gasteiger partial charge in [-0.3, -0.25) is 4.79 Å². The summed E-state index contributed by atoms with van der Waals surface area (Å²) in [6, 6.07) is 27.4. The Kier molecular flexibility index (Phi) is 7.39. The molecule has 1 aliphatic heterocycles. The number of ether oxygens (including phenoxy) is 1. The summed E-state index contributed by atoms with van der Waals surface area (Å²) in [6.07, 6.45) is 2.51. The summed E-state index contributed by atoms with van der Waals surface area (Å²) in [6.45, 7) is 0.370. The monoisotopic (exact) mass is 495 g/mol. The molecule has 1 amide bonds. The van der Waals surface area contributed by atoms with Gasteiger partial charge in [0.05, 0.1) is 37.7 Å². The highest BCUT2D eigenvalue weighted by molar-refractivity contribution is 6.07. The van der Waals surface area contributed by atoms with Crippen LogP contribution >= 0.6 is 0 Å². The fourth-order valence-electron chi connectivity index (χ4n) is 4.47. The third-order valence-electron chi connectivity index (χ3n) is 6.30. The van der Waals surface area contributed by atoms with Gasteiger partial charge in [0.1, 0.15) is 11.4 Å². The minimum absolute atomic E-state index is 0.0415. The molecule has 0 spiro atoms. The molecule has 1 aromatic heterocycles. The second-order valence-corrected chi connectivity index (χ2v) is 8.72. The van der Waals surface area contributed by atoms with E-state index in [4.69, 9.17) is 20.0 Å². The highest BCUT2D eigenvalue weighted by Crippen LogP contribution is 2.36. The number of benzene rings is 3. The highest BCUT2D eigenvalue weighted by atomic mass is 16.5. The van der Waals surface area contributed by atoms with Crippen molar-refractivity contribution in [3.63, 3.8) is 0 Å². The van der Waals surface area contributed by atoms with Crippen LogP contribution in [0.5, 0.6) is 5.75 Å². The summed E-state index contributed by atoms with van der Waals surface area (Å²) < 4.78 is 7.29. The zero-order valence-electron chi connectivity index (χ0n) is 20.6. The number of hydrogen-bond donors (Lipinski definition) is 2. The first kappa shape index (κ1) is 24.4. The van der Waals surface area contributed by atoms with Crippen molar-refractivity contribution in [3.05, 3.63) is 102 Å². The molecule has 2 heterocycles. The number of aromatic nitrogens is 2. The lowest BCUT2D eigenvalue weighted by molar-refractivity contribution is -0.132. The first-order chi connectivity index (χ1) is 18.2. The fourth-order valence-corrected chi connectivity index (χ4v) is 4.47. The van der Waals surface area contributed by atoms with Gasteiger partial charge in [0.2, 0.25) is 0 Å². The van der Waals surface area contributed by atoms with Crippen LogP contribution in [0.1, 0.15) is 23.6 Å². The van der Waals surface area contributed by atoms with Gasteiger partial charge >= 0.3 is 0 Å². The van der Waals surface area contributed by atoms with Crippen molar-refractivity contribution in [3.8, 4) is 22.7 Å². The molecular formula is C29H29N5O3. The number of nitrogens with one attached hydrogen (secondary N) is 1. The van der Waals surface area contributed by atoms with Gasteiger partial charge in [0.15, 0.2) is 0 Å². The van der Waals surface area contributed by atoms with E-state index in [1.54, 1.807) is 12.1 Å². The molecule has 0 saturated carbocycles. The van der Waals surface area contributed by atoms with E-state index in [1.807, 2.05) is 95.8 Å². The molecule has 0 saturated heterocycles. The lowest BCUT2D eigenvalue weighted by Gasteiger charge is -2.22. The predicted octanol–water partition coefficient (Wildman–Crippen LogP) is 3.81. The number of nitrogens with zero attached hydrogens (tertiary/aromatic N) is 4. The van der Waals surface area contributed by atoms with Gasteiger partial charge in [-0.1, -0.05) is 60.7 Å². The van der Waals surface area contributed by atoms with Crippen molar-refractivity contribution >= 4 is 11.6 Å². The van der Waals surface area contributed by atoms with E-state index in [-0.39, 0.29) is 25.1 Å². The molecular weight excluding hydrogens is 466 g/mol. The molecule has 1 atom stereocenters. The van der Waals surface area contributed by atoms with Gasteiger partial charge in [-0.25, -0.2) is 9.69 Å². The molecule has 37 heavy (non-hydrogen) atoms. The average molecular weight is 496 g/mol. The number of hydrogen-bond acceptors (Lipinski definition) is 6.